The van der Waals surface area contributed by atoms with Gasteiger partial charge >= 0.3 is 0 Å². The predicted octanol–water partition coefficient (Wildman–Crippen LogP) is 4.44. The van der Waals surface area contributed by atoms with E-state index in [0.29, 0.717) is 40.2 Å². The molecule has 170 valence electrons. The molecule has 4 aromatic rings. The number of oxazole rings is 1. The number of carbonyl (C=O) groups is 1. The molecule has 10 heteroatoms. The maximum absolute atomic E-state index is 13.4. The monoisotopic (exact) mass is 467 g/mol. The maximum atomic E-state index is 13.4. The van der Waals surface area contributed by atoms with Gasteiger partial charge in [0, 0.05) is 24.8 Å². The number of nitrogens with one attached hydrogen (secondary N) is 1. The van der Waals surface area contributed by atoms with Crippen LogP contribution in [-0.4, -0.2) is 44.1 Å². The Kier molecular flexibility index (Phi) is 6.10. The first kappa shape index (κ1) is 21.6. The van der Waals surface area contributed by atoms with Crippen molar-refractivity contribution in [3.05, 3.63) is 54.2 Å². The zero-order valence-corrected chi connectivity index (χ0v) is 18.8. The predicted molar refractivity (Wildman–Crippen MR) is 122 cm³/mol. The normalized spacial score (nSPS) is 15.9. The van der Waals surface area contributed by atoms with Crippen molar-refractivity contribution >= 4 is 34.5 Å². The van der Waals surface area contributed by atoms with Crippen molar-refractivity contribution in [1.29, 1.82) is 0 Å². The molecule has 1 atom stereocenters. The van der Waals surface area contributed by atoms with Gasteiger partial charge in [0.15, 0.2) is 22.5 Å². The van der Waals surface area contributed by atoms with Gasteiger partial charge in [0.2, 0.25) is 5.91 Å². The minimum Gasteiger partial charge on any atom is -0.441 e. The molecule has 8 nitrogen and oxygen atoms in total. The van der Waals surface area contributed by atoms with Crippen LogP contribution in [0.4, 0.5) is 10.1 Å². The molecule has 0 aliphatic carbocycles. The molecular formula is C23H22FN5O3S. The van der Waals surface area contributed by atoms with Crippen molar-refractivity contribution in [2.75, 3.05) is 17.7 Å². The van der Waals surface area contributed by atoms with Gasteiger partial charge in [0.05, 0.1) is 18.4 Å². The summed E-state index contributed by atoms with van der Waals surface area (Å²) in [5, 5.41) is 12.1. The summed E-state index contributed by atoms with van der Waals surface area (Å²) in [6, 6.07) is 11.5. The summed E-state index contributed by atoms with van der Waals surface area (Å²) in [6.07, 6.45) is 2.03. The lowest BCUT2D eigenvalue weighted by Crippen LogP contribution is -2.18. The maximum Gasteiger partial charge on any atom is 0.234 e. The Morgan fingerprint density at radius 2 is 2.09 bits per heavy atom. The van der Waals surface area contributed by atoms with Crippen LogP contribution >= 0.6 is 11.8 Å². The number of fused-ring (bicyclic) bond motifs is 1. The standard InChI is InChI=1S/C23H22FN5O3S/c1-14-25-19-11-17(8-9-20(19)32-14)26-21(30)13-33-23-28-27-22(15-4-6-16(24)7-5-15)29(23)12-18-3-2-10-31-18/h4-9,11,18H,2-3,10,12-13H2,1H3,(H,26,30). The lowest BCUT2D eigenvalue weighted by molar-refractivity contribution is -0.113. The second kappa shape index (κ2) is 9.32. The summed E-state index contributed by atoms with van der Waals surface area (Å²) >= 11 is 1.30. The van der Waals surface area contributed by atoms with E-state index in [9.17, 15) is 9.18 Å². The van der Waals surface area contributed by atoms with Crippen LogP contribution in [0, 0.1) is 12.7 Å². The van der Waals surface area contributed by atoms with Gasteiger partial charge in [-0.15, -0.1) is 10.2 Å². The molecule has 1 amide bonds. The van der Waals surface area contributed by atoms with E-state index in [1.807, 2.05) is 4.57 Å². The number of carbonyl (C=O) groups excluding carboxylic acids is 1. The smallest absolute Gasteiger partial charge is 0.234 e. The number of rotatable bonds is 7. The Balaban J connectivity index is 1.31. The second-order valence-corrected chi connectivity index (χ2v) is 8.75. The Morgan fingerprint density at radius 3 is 2.88 bits per heavy atom. The van der Waals surface area contributed by atoms with Gasteiger partial charge in [-0.1, -0.05) is 11.8 Å². The van der Waals surface area contributed by atoms with Crippen LogP contribution in [0.1, 0.15) is 18.7 Å². The average molecular weight is 468 g/mol. The summed E-state index contributed by atoms with van der Waals surface area (Å²) in [5.74, 6) is 0.874. The Hall–Kier alpha value is -3.24. The highest BCUT2D eigenvalue weighted by molar-refractivity contribution is 7.99. The molecule has 0 bridgehead atoms. The number of anilines is 1. The molecule has 3 heterocycles. The van der Waals surface area contributed by atoms with Crippen molar-refractivity contribution in [2.24, 2.45) is 0 Å². The third kappa shape index (κ3) is 4.91. The van der Waals surface area contributed by atoms with Crippen LogP contribution in [0.15, 0.2) is 52.0 Å². The van der Waals surface area contributed by atoms with Crippen LogP contribution in [-0.2, 0) is 16.1 Å². The van der Waals surface area contributed by atoms with E-state index in [1.165, 1.54) is 23.9 Å². The van der Waals surface area contributed by atoms with Crippen molar-refractivity contribution in [1.82, 2.24) is 19.7 Å². The van der Waals surface area contributed by atoms with Gasteiger partial charge in [-0.05, 0) is 55.3 Å². The summed E-state index contributed by atoms with van der Waals surface area (Å²) in [5.41, 5.74) is 2.78. The van der Waals surface area contributed by atoms with Gasteiger partial charge in [-0.25, -0.2) is 9.37 Å². The number of halogens is 1. The number of aromatic nitrogens is 4. The van der Waals surface area contributed by atoms with Gasteiger partial charge in [0.1, 0.15) is 11.3 Å². The summed E-state index contributed by atoms with van der Waals surface area (Å²) < 4.78 is 26.6. The molecule has 1 fully saturated rings. The highest BCUT2D eigenvalue weighted by Gasteiger charge is 2.22. The van der Waals surface area contributed by atoms with Crippen molar-refractivity contribution in [3.8, 4) is 11.4 Å². The molecule has 0 radical (unpaired) electrons. The third-order valence-corrected chi connectivity index (χ3v) is 6.31. The van der Waals surface area contributed by atoms with E-state index in [1.54, 1.807) is 37.3 Å². The number of aryl methyl sites for hydroxylation is 1. The Labute approximate surface area is 193 Å². The summed E-state index contributed by atoms with van der Waals surface area (Å²) in [4.78, 5) is 16.9. The minimum atomic E-state index is -0.311. The average Bonchev–Trinajstić information content (AvgIpc) is 3.53. The van der Waals surface area contributed by atoms with Crippen molar-refractivity contribution < 1.29 is 18.3 Å². The van der Waals surface area contributed by atoms with E-state index in [4.69, 9.17) is 9.15 Å². The Bertz CT molecular complexity index is 1280. The van der Waals surface area contributed by atoms with Gasteiger partial charge in [-0.2, -0.15) is 0 Å². The third-order valence-electron chi connectivity index (χ3n) is 5.34. The van der Waals surface area contributed by atoms with Gasteiger partial charge < -0.3 is 14.5 Å². The first-order valence-electron chi connectivity index (χ1n) is 10.7. The van der Waals surface area contributed by atoms with E-state index < -0.39 is 0 Å². The molecule has 1 unspecified atom stereocenters. The zero-order valence-electron chi connectivity index (χ0n) is 18.0. The second-order valence-electron chi connectivity index (χ2n) is 7.81. The highest BCUT2D eigenvalue weighted by Crippen LogP contribution is 2.27. The van der Waals surface area contributed by atoms with Gasteiger partial charge in [-0.3, -0.25) is 9.36 Å². The number of ether oxygens (including phenoxy) is 1. The van der Waals surface area contributed by atoms with Crippen LogP contribution in [0.3, 0.4) is 0 Å². The quantitative estimate of drug-likeness (QED) is 0.401. The number of hydrogen-bond acceptors (Lipinski definition) is 7. The number of amides is 1. The zero-order chi connectivity index (χ0) is 22.8. The number of benzene rings is 2. The van der Waals surface area contributed by atoms with E-state index in [2.05, 4.69) is 20.5 Å². The molecule has 33 heavy (non-hydrogen) atoms. The van der Waals surface area contributed by atoms with E-state index in [0.717, 1.165) is 25.0 Å². The molecule has 1 saturated heterocycles. The van der Waals surface area contributed by atoms with E-state index >= 15 is 0 Å². The fourth-order valence-electron chi connectivity index (χ4n) is 3.81. The summed E-state index contributed by atoms with van der Waals surface area (Å²) in [7, 11) is 0. The largest absolute Gasteiger partial charge is 0.441 e. The molecule has 5 rings (SSSR count). The summed E-state index contributed by atoms with van der Waals surface area (Å²) in [6.45, 7) is 3.09. The molecule has 1 N–H and O–H groups in total. The fourth-order valence-corrected chi connectivity index (χ4v) is 4.56. The number of thioether (sulfide) groups is 1. The highest BCUT2D eigenvalue weighted by atomic mass is 32.2. The first-order chi connectivity index (χ1) is 16.0. The van der Waals surface area contributed by atoms with Crippen LogP contribution in [0.25, 0.3) is 22.5 Å². The molecule has 1 aliphatic heterocycles. The number of nitrogens with zero attached hydrogens (tertiary/aromatic N) is 4. The molecule has 2 aromatic carbocycles. The fraction of sp³-hybridized carbons (Fsp3) is 0.304. The SMILES string of the molecule is Cc1nc2cc(NC(=O)CSc3nnc(-c4ccc(F)cc4)n3CC3CCCO3)ccc2o1. The molecule has 2 aromatic heterocycles. The molecule has 1 aliphatic rings. The number of hydrogen-bond donors (Lipinski definition) is 1. The lowest BCUT2D eigenvalue weighted by Gasteiger charge is -2.14. The van der Waals surface area contributed by atoms with Crippen LogP contribution in [0.2, 0.25) is 0 Å². The lowest BCUT2D eigenvalue weighted by atomic mass is 10.2. The van der Waals surface area contributed by atoms with Gasteiger partial charge in [0.25, 0.3) is 0 Å². The molecule has 0 saturated carbocycles. The minimum absolute atomic E-state index is 0.0611. The van der Waals surface area contributed by atoms with Crippen LogP contribution in [0.5, 0.6) is 0 Å². The first-order valence-corrected chi connectivity index (χ1v) is 11.6. The molecule has 0 spiro atoms. The van der Waals surface area contributed by atoms with Crippen molar-refractivity contribution in [2.45, 2.75) is 37.6 Å². The van der Waals surface area contributed by atoms with E-state index in [-0.39, 0.29) is 23.6 Å². The topological polar surface area (TPSA) is 95.1 Å². The molecular weight excluding hydrogens is 445 g/mol. The Morgan fingerprint density at radius 1 is 1.24 bits per heavy atom. The van der Waals surface area contributed by atoms with Crippen molar-refractivity contribution in [3.63, 3.8) is 0 Å². The van der Waals surface area contributed by atoms with Crippen LogP contribution < -0.4 is 5.32 Å².